The molecule has 162 valence electrons. The summed E-state index contributed by atoms with van der Waals surface area (Å²) in [7, 11) is 0. The van der Waals surface area contributed by atoms with Crippen LogP contribution in [0.25, 0.3) is 11.3 Å². The SMILES string of the molecule is O=C(CCOCC1CCCO1)NCc1cn(Cc2ccccc2)nc1-c1ccccc1. The van der Waals surface area contributed by atoms with Crippen LogP contribution in [0.1, 0.15) is 30.4 Å². The van der Waals surface area contributed by atoms with Crippen LogP contribution in [0.5, 0.6) is 0 Å². The first-order valence-electron chi connectivity index (χ1n) is 10.9. The molecule has 1 N–H and O–H groups in total. The van der Waals surface area contributed by atoms with Crippen LogP contribution >= 0.6 is 0 Å². The smallest absolute Gasteiger partial charge is 0.222 e. The number of rotatable bonds is 10. The van der Waals surface area contributed by atoms with Gasteiger partial charge in [0.05, 0.1) is 31.6 Å². The van der Waals surface area contributed by atoms with Crippen molar-refractivity contribution in [1.29, 1.82) is 0 Å². The Labute approximate surface area is 183 Å². The summed E-state index contributed by atoms with van der Waals surface area (Å²) in [6.07, 6.45) is 4.68. The minimum Gasteiger partial charge on any atom is -0.378 e. The van der Waals surface area contributed by atoms with Crippen LogP contribution in [0, 0.1) is 0 Å². The largest absolute Gasteiger partial charge is 0.378 e. The van der Waals surface area contributed by atoms with E-state index >= 15 is 0 Å². The molecule has 1 unspecified atom stereocenters. The van der Waals surface area contributed by atoms with Crippen molar-refractivity contribution in [3.05, 3.63) is 78.0 Å². The van der Waals surface area contributed by atoms with Crippen molar-refractivity contribution in [2.75, 3.05) is 19.8 Å². The van der Waals surface area contributed by atoms with Gasteiger partial charge in [0.15, 0.2) is 0 Å². The molecule has 6 heteroatoms. The first kappa shape index (κ1) is 21.3. The monoisotopic (exact) mass is 419 g/mol. The zero-order valence-electron chi connectivity index (χ0n) is 17.7. The van der Waals surface area contributed by atoms with E-state index in [1.54, 1.807) is 0 Å². The molecular formula is C25H29N3O3. The molecule has 4 rings (SSSR count). The number of benzene rings is 2. The van der Waals surface area contributed by atoms with Gasteiger partial charge >= 0.3 is 0 Å². The van der Waals surface area contributed by atoms with Crippen molar-refractivity contribution >= 4 is 5.91 Å². The Morgan fingerprint density at radius 3 is 2.65 bits per heavy atom. The number of aromatic nitrogens is 2. The Morgan fingerprint density at radius 2 is 1.90 bits per heavy atom. The van der Waals surface area contributed by atoms with Gasteiger partial charge in [-0.15, -0.1) is 0 Å². The van der Waals surface area contributed by atoms with E-state index < -0.39 is 0 Å². The predicted molar refractivity (Wildman–Crippen MR) is 119 cm³/mol. The molecule has 0 bridgehead atoms. The van der Waals surface area contributed by atoms with Crippen LogP contribution < -0.4 is 5.32 Å². The molecule has 31 heavy (non-hydrogen) atoms. The van der Waals surface area contributed by atoms with Crippen LogP contribution in [-0.2, 0) is 27.4 Å². The average molecular weight is 420 g/mol. The van der Waals surface area contributed by atoms with Crippen molar-refractivity contribution in [3.8, 4) is 11.3 Å². The van der Waals surface area contributed by atoms with Crippen LogP contribution in [0.3, 0.4) is 0 Å². The summed E-state index contributed by atoms with van der Waals surface area (Å²) in [5.41, 5.74) is 4.12. The first-order valence-corrected chi connectivity index (χ1v) is 10.9. The summed E-state index contributed by atoms with van der Waals surface area (Å²) in [4.78, 5) is 12.3. The zero-order valence-corrected chi connectivity index (χ0v) is 17.7. The Bertz CT molecular complexity index is 951. The number of nitrogens with zero attached hydrogens (tertiary/aromatic N) is 2. The number of carbonyl (C=O) groups is 1. The van der Waals surface area contributed by atoms with Gasteiger partial charge in [-0.05, 0) is 18.4 Å². The summed E-state index contributed by atoms with van der Waals surface area (Å²) in [5, 5.41) is 7.81. The highest BCUT2D eigenvalue weighted by Crippen LogP contribution is 2.22. The Kier molecular flexibility index (Phi) is 7.47. The molecule has 1 saturated heterocycles. The van der Waals surface area contributed by atoms with Crippen LogP contribution in [-0.4, -0.2) is 41.6 Å². The van der Waals surface area contributed by atoms with Gasteiger partial charge in [0, 0.05) is 36.9 Å². The van der Waals surface area contributed by atoms with Gasteiger partial charge in [-0.2, -0.15) is 5.10 Å². The van der Waals surface area contributed by atoms with Crippen LogP contribution in [0.4, 0.5) is 0 Å². The summed E-state index contributed by atoms with van der Waals surface area (Å²) in [5.74, 6) is -0.0258. The molecule has 2 heterocycles. The molecule has 1 aromatic heterocycles. The molecule has 0 spiro atoms. The van der Waals surface area contributed by atoms with E-state index in [1.165, 1.54) is 5.56 Å². The molecule has 1 fully saturated rings. The summed E-state index contributed by atoms with van der Waals surface area (Å²) < 4.78 is 13.1. The lowest BCUT2D eigenvalue weighted by atomic mass is 10.1. The van der Waals surface area contributed by atoms with E-state index in [0.717, 1.165) is 36.3 Å². The summed E-state index contributed by atoms with van der Waals surface area (Å²) in [6, 6.07) is 20.3. The van der Waals surface area contributed by atoms with Gasteiger partial charge in [0.25, 0.3) is 0 Å². The Balaban J connectivity index is 1.35. The van der Waals surface area contributed by atoms with E-state index in [4.69, 9.17) is 14.6 Å². The fraction of sp³-hybridized carbons (Fsp3) is 0.360. The van der Waals surface area contributed by atoms with Crippen molar-refractivity contribution in [3.63, 3.8) is 0 Å². The second-order valence-corrected chi connectivity index (χ2v) is 7.79. The van der Waals surface area contributed by atoms with Gasteiger partial charge < -0.3 is 14.8 Å². The molecule has 1 amide bonds. The standard InChI is InChI=1S/C25H29N3O3/c29-24(13-15-30-19-23-12-7-14-31-23)26-16-22-18-28(17-20-8-3-1-4-9-20)27-25(22)21-10-5-2-6-11-21/h1-6,8-11,18,23H,7,12-17,19H2,(H,26,29). The summed E-state index contributed by atoms with van der Waals surface area (Å²) >= 11 is 0. The van der Waals surface area contributed by atoms with E-state index in [0.29, 0.717) is 32.7 Å². The minimum absolute atomic E-state index is 0.0258. The van der Waals surface area contributed by atoms with Gasteiger partial charge in [0.2, 0.25) is 5.91 Å². The van der Waals surface area contributed by atoms with Gasteiger partial charge in [-0.25, -0.2) is 0 Å². The van der Waals surface area contributed by atoms with Gasteiger partial charge in [-0.1, -0.05) is 60.7 Å². The third kappa shape index (κ3) is 6.26. The van der Waals surface area contributed by atoms with Gasteiger partial charge in [-0.3, -0.25) is 9.48 Å². The average Bonchev–Trinajstić information content (AvgIpc) is 3.47. The van der Waals surface area contributed by atoms with Gasteiger partial charge in [0.1, 0.15) is 0 Å². The summed E-state index contributed by atoms with van der Waals surface area (Å²) in [6.45, 7) is 2.91. The number of hydrogen-bond donors (Lipinski definition) is 1. The molecule has 2 aromatic carbocycles. The maximum absolute atomic E-state index is 12.3. The van der Waals surface area contributed by atoms with Crippen molar-refractivity contribution < 1.29 is 14.3 Å². The highest BCUT2D eigenvalue weighted by atomic mass is 16.5. The van der Waals surface area contributed by atoms with Crippen LogP contribution in [0.15, 0.2) is 66.9 Å². The molecule has 3 aromatic rings. The zero-order chi connectivity index (χ0) is 21.3. The predicted octanol–water partition coefficient (Wildman–Crippen LogP) is 3.80. The first-order chi connectivity index (χ1) is 15.3. The third-order valence-electron chi connectivity index (χ3n) is 5.35. The highest BCUT2D eigenvalue weighted by molar-refractivity contribution is 5.76. The van der Waals surface area contributed by atoms with Crippen LogP contribution in [0.2, 0.25) is 0 Å². The van der Waals surface area contributed by atoms with E-state index in [2.05, 4.69) is 17.4 Å². The lowest BCUT2D eigenvalue weighted by Gasteiger charge is -2.10. The molecule has 0 radical (unpaired) electrons. The number of hydrogen-bond acceptors (Lipinski definition) is 4. The normalized spacial score (nSPS) is 15.8. The molecule has 0 saturated carbocycles. The lowest BCUT2D eigenvalue weighted by molar-refractivity contribution is -0.122. The lowest BCUT2D eigenvalue weighted by Crippen LogP contribution is -2.25. The molecule has 6 nitrogen and oxygen atoms in total. The fourth-order valence-electron chi connectivity index (χ4n) is 3.72. The quantitative estimate of drug-likeness (QED) is 0.508. The number of amides is 1. The second kappa shape index (κ2) is 10.9. The van der Waals surface area contributed by atoms with Crippen molar-refractivity contribution in [2.24, 2.45) is 0 Å². The fourth-order valence-corrected chi connectivity index (χ4v) is 3.72. The van der Waals surface area contributed by atoms with E-state index in [9.17, 15) is 4.79 Å². The Morgan fingerprint density at radius 1 is 1.13 bits per heavy atom. The van der Waals surface area contributed by atoms with Crippen molar-refractivity contribution in [1.82, 2.24) is 15.1 Å². The number of carbonyl (C=O) groups excluding carboxylic acids is 1. The number of nitrogens with one attached hydrogen (secondary N) is 1. The maximum Gasteiger partial charge on any atom is 0.222 e. The minimum atomic E-state index is -0.0258. The molecular weight excluding hydrogens is 390 g/mol. The topological polar surface area (TPSA) is 65.4 Å². The molecule has 1 atom stereocenters. The second-order valence-electron chi connectivity index (χ2n) is 7.79. The number of ether oxygens (including phenoxy) is 2. The maximum atomic E-state index is 12.3. The highest BCUT2D eigenvalue weighted by Gasteiger charge is 2.16. The van der Waals surface area contributed by atoms with E-state index in [-0.39, 0.29) is 12.0 Å². The molecule has 0 aliphatic carbocycles. The molecule has 1 aliphatic heterocycles. The van der Waals surface area contributed by atoms with E-state index in [1.807, 2.05) is 59.4 Å². The molecule has 1 aliphatic rings. The Hall–Kier alpha value is -2.96. The van der Waals surface area contributed by atoms with Crippen molar-refractivity contribution in [2.45, 2.75) is 38.5 Å². The third-order valence-corrected chi connectivity index (χ3v) is 5.35.